The van der Waals surface area contributed by atoms with E-state index in [9.17, 15) is 4.79 Å². The third kappa shape index (κ3) is 3.77. The Bertz CT molecular complexity index is 1380. The van der Waals surface area contributed by atoms with Crippen LogP contribution in [0.2, 0.25) is 5.02 Å². The second-order valence-corrected chi connectivity index (χ2v) is 8.48. The lowest BCUT2D eigenvalue weighted by molar-refractivity contribution is 0.1000. The zero-order valence-electron chi connectivity index (χ0n) is 17.6. The van der Waals surface area contributed by atoms with Gasteiger partial charge in [-0.2, -0.15) is 0 Å². The summed E-state index contributed by atoms with van der Waals surface area (Å²) in [7, 11) is 3.13. The zero-order valence-corrected chi connectivity index (χ0v) is 19.2. The lowest BCUT2D eigenvalue weighted by atomic mass is 10.2. The highest BCUT2D eigenvalue weighted by Gasteiger charge is 2.21. The van der Waals surface area contributed by atoms with Gasteiger partial charge < -0.3 is 29.4 Å². The maximum Gasteiger partial charge on any atom is 0.262 e. The molecule has 11 heteroatoms. The van der Waals surface area contributed by atoms with E-state index in [4.69, 9.17) is 41.0 Å². The molecule has 9 nitrogen and oxygen atoms in total. The van der Waals surface area contributed by atoms with Gasteiger partial charge in [-0.25, -0.2) is 4.98 Å². The molecule has 33 heavy (non-hydrogen) atoms. The van der Waals surface area contributed by atoms with Gasteiger partial charge in [0.15, 0.2) is 23.0 Å². The standard InChI is InChI=1S/C22H18ClN3O6S/c1-28-15-5-13-14(6-16(15)29-2)26(9-25-13)20-7-19(21(33-20)22(24)27)30-8-11-3-17-18(4-12(11)23)32-10-31-17/h3-7,9H,8,10H2,1-2H3,(H2,24,27). The van der Waals surface area contributed by atoms with Gasteiger partial charge in [-0.15, -0.1) is 11.3 Å². The van der Waals surface area contributed by atoms with Crippen LogP contribution in [0.25, 0.3) is 16.0 Å². The molecule has 1 amide bonds. The quantitative estimate of drug-likeness (QED) is 0.417. The summed E-state index contributed by atoms with van der Waals surface area (Å²) in [5.41, 5.74) is 7.78. The normalized spacial score (nSPS) is 12.2. The van der Waals surface area contributed by atoms with Crippen molar-refractivity contribution in [1.82, 2.24) is 9.55 Å². The van der Waals surface area contributed by atoms with Crippen LogP contribution in [0.1, 0.15) is 15.2 Å². The number of hydrogen-bond donors (Lipinski definition) is 1. The number of carbonyl (C=O) groups excluding carboxylic acids is 1. The highest BCUT2D eigenvalue weighted by atomic mass is 35.5. The molecular formula is C22H18ClN3O6S. The van der Waals surface area contributed by atoms with Crippen LogP contribution in [0.15, 0.2) is 36.7 Å². The van der Waals surface area contributed by atoms with Crippen LogP contribution >= 0.6 is 22.9 Å². The molecule has 1 aliphatic heterocycles. The van der Waals surface area contributed by atoms with Crippen molar-refractivity contribution < 1.29 is 28.5 Å². The van der Waals surface area contributed by atoms with Crippen molar-refractivity contribution >= 4 is 39.9 Å². The van der Waals surface area contributed by atoms with Gasteiger partial charge in [-0.05, 0) is 6.07 Å². The predicted octanol–water partition coefficient (Wildman–Crippen LogP) is 4.16. The summed E-state index contributed by atoms with van der Waals surface area (Å²) in [6, 6.07) is 8.77. The first-order valence-electron chi connectivity index (χ1n) is 9.72. The molecule has 0 saturated carbocycles. The van der Waals surface area contributed by atoms with Crippen molar-refractivity contribution in [3.63, 3.8) is 0 Å². The molecule has 0 unspecified atom stereocenters. The van der Waals surface area contributed by atoms with Crippen LogP contribution in [0.4, 0.5) is 0 Å². The van der Waals surface area contributed by atoms with Crippen molar-refractivity contribution in [2.75, 3.05) is 21.0 Å². The predicted molar refractivity (Wildman–Crippen MR) is 122 cm³/mol. The van der Waals surface area contributed by atoms with Gasteiger partial charge in [0.1, 0.15) is 28.6 Å². The molecular weight excluding hydrogens is 470 g/mol. The van der Waals surface area contributed by atoms with Crippen molar-refractivity contribution in [3.05, 3.63) is 52.1 Å². The number of aromatic nitrogens is 2. The number of halogens is 1. The number of amides is 1. The van der Waals surface area contributed by atoms with E-state index in [1.807, 2.05) is 10.6 Å². The first kappa shape index (κ1) is 21.2. The Morgan fingerprint density at radius 1 is 1.12 bits per heavy atom. The molecule has 0 saturated heterocycles. The summed E-state index contributed by atoms with van der Waals surface area (Å²) in [4.78, 5) is 16.8. The fourth-order valence-electron chi connectivity index (χ4n) is 3.50. The Labute approximate surface area is 197 Å². The largest absolute Gasteiger partial charge is 0.493 e. The lowest BCUT2D eigenvalue weighted by Gasteiger charge is -2.09. The van der Waals surface area contributed by atoms with E-state index >= 15 is 0 Å². The maximum absolute atomic E-state index is 12.1. The molecule has 2 aromatic heterocycles. The van der Waals surface area contributed by atoms with Gasteiger partial charge in [0.2, 0.25) is 6.79 Å². The fraction of sp³-hybridized carbons (Fsp3) is 0.182. The molecule has 2 aromatic carbocycles. The van der Waals surface area contributed by atoms with E-state index in [1.165, 1.54) is 11.3 Å². The number of imidazole rings is 1. The average molecular weight is 488 g/mol. The van der Waals surface area contributed by atoms with Crippen LogP contribution in [0, 0.1) is 0 Å². The summed E-state index contributed by atoms with van der Waals surface area (Å²) in [5, 5.41) is 1.17. The van der Waals surface area contributed by atoms with E-state index in [2.05, 4.69) is 4.98 Å². The lowest BCUT2D eigenvalue weighted by Crippen LogP contribution is -2.10. The summed E-state index contributed by atoms with van der Waals surface area (Å²) < 4.78 is 29.3. The topological polar surface area (TPSA) is 107 Å². The van der Waals surface area contributed by atoms with E-state index in [0.29, 0.717) is 49.9 Å². The third-order valence-electron chi connectivity index (χ3n) is 5.12. The van der Waals surface area contributed by atoms with Gasteiger partial charge in [0, 0.05) is 29.8 Å². The van der Waals surface area contributed by atoms with Gasteiger partial charge in [0.05, 0.1) is 30.3 Å². The summed E-state index contributed by atoms with van der Waals surface area (Å²) in [6.07, 6.45) is 1.65. The van der Waals surface area contributed by atoms with E-state index in [1.54, 1.807) is 44.8 Å². The smallest absolute Gasteiger partial charge is 0.262 e. The Kier molecular flexibility index (Phi) is 5.39. The zero-order chi connectivity index (χ0) is 23.1. The van der Waals surface area contributed by atoms with E-state index < -0.39 is 5.91 Å². The molecule has 0 aliphatic carbocycles. The van der Waals surface area contributed by atoms with E-state index in [-0.39, 0.29) is 18.3 Å². The number of benzene rings is 2. The van der Waals surface area contributed by atoms with Crippen LogP contribution < -0.4 is 29.4 Å². The van der Waals surface area contributed by atoms with E-state index in [0.717, 1.165) is 5.52 Å². The monoisotopic (exact) mass is 487 g/mol. The van der Waals surface area contributed by atoms with Gasteiger partial charge in [0.25, 0.3) is 5.91 Å². The molecule has 0 fully saturated rings. The van der Waals surface area contributed by atoms with Crippen LogP contribution in [0.5, 0.6) is 28.7 Å². The number of ether oxygens (including phenoxy) is 5. The van der Waals surface area contributed by atoms with Crippen molar-refractivity contribution in [1.29, 1.82) is 0 Å². The molecule has 4 aromatic rings. The molecule has 5 rings (SSSR count). The molecule has 170 valence electrons. The Hall–Kier alpha value is -3.63. The minimum Gasteiger partial charge on any atom is -0.493 e. The highest BCUT2D eigenvalue weighted by molar-refractivity contribution is 7.16. The Morgan fingerprint density at radius 2 is 1.85 bits per heavy atom. The number of carbonyl (C=O) groups is 1. The van der Waals surface area contributed by atoms with Gasteiger partial charge >= 0.3 is 0 Å². The molecule has 0 atom stereocenters. The van der Waals surface area contributed by atoms with Gasteiger partial charge in [-0.3, -0.25) is 9.36 Å². The third-order valence-corrected chi connectivity index (χ3v) is 6.61. The number of rotatable bonds is 7. The number of nitrogens with two attached hydrogens (primary N) is 1. The van der Waals surface area contributed by atoms with Crippen LogP contribution in [0.3, 0.4) is 0 Å². The SMILES string of the molecule is COc1cc2ncn(-c3cc(OCc4cc5c(cc4Cl)OCO5)c(C(N)=O)s3)c2cc1OC. The molecule has 0 radical (unpaired) electrons. The minimum absolute atomic E-state index is 0.113. The van der Waals surface area contributed by atoms with Crippen molar-refractivity contribution in [2.45, 2.75) is 6.61 Å². The summed E-state index contributed by atoms with van der Waals surface area (Å²) >= 11 is 7.54. The molecule has 0 bridgehead atoms. The van der Waals surface area contributed by atoms with Crippen molar-refractivity contribution in [2.24, 2.45) is 5.73 Å². The molecule has 2 N–H and O–H groups in total. The van der Waals surface area contributed by atoms with Crippen LogP contribution in [-0.2, 0) is 6.61 Å². The van der Waals surface area contributed by atoms with Gasteiger partial charge in [-0.1, -0.05) is 11.6 Å². The summed E-state index contributed by atoms with van der Waals surface area (Å²) in [5.74, 6) is 2.06. The Morgan fingerprint density at radius 3 is 2.58 bits per heavy atom. The fourth-order valence-corrected chi connectivity index (χ4v) is 4.64. The number of methoxy groups -OCH3 is 2. The highest BCUT2D eigenvalue weighted by Crippen LogP contribution is 2.39. The first-order chi connectivity index (χ1) is 16.0. The average Bonchev–Trinajstić information content (AvgIpc) is 3.53. The minimum atomic E-state index is -0.596. The number of nitrogens with zero attached hydrogens (tertiary/aromatic N) is 2. The molecule has 0 spiro atoms. The number of fused-ring (bicyclic) bond motifs is 2. The first-order valence-corrected chi connectivity index (χ1v) is 10.9. The number of thiophene rings is 1. The molecule has 1 aliphatic rings. The number of primary amides is 1. The molecule has 3 heterocycles. The van der Waals surface area contributed by atoms with Crippen molar-refractivity contribution in [3.8, 4) is 33.7 Å². The van der Waals surface area contributed by atoms with Crippen LogP contribution in [-0.4, -0.2) is 36.5 Å². The summed E-state index contributed by atoms with van der Waals surface area (Å²) in [6.45, 7) is 0.257. The second kappa shape index (κ2) is 8.38. The maximum atomic E-state index is 12.1. The second-order valence-electron chi connectivity index (χ2n) is 7.04. The Balaban J connectivity index is 1.49. The number of hydrogen-bond acceptors (Lipinski definition) is 8.